The van der Waals surface area contributed by atoms with Crippen LogP contribution >= 0.6 is 0 Å². The third kappa shape index (κ3) is 3.92. The SMILES string of the molecule is COc1ccccc1NC(N)=NCC1(c2ccc(F)cc2)CCCC1. The highest BCUT2D eigenvalue weighted by molar-refractivity contribution is 5.93. The summed E-state index contributed by atoms with van der Waals surface area (Å²) in [6.45, 7) is 0.590. The molecule has 3 N–H and O–H groups in total. The van der Waals surface area contributed by atoms with E-state index in [0.717, 1.165) is 42.7 Å². The Morgan fingerprint density at radius 3 is 2.52 bits per heavy atom. The van der Waals surface area contributed by atoms with Gasteiger partial charge in [0.2, 0.25) is 0 Å². The molecule has 0 amide bonds. The molecule has 0 bridgehead atoms. The van der Waals surface area contributed by atoms with Gasteiger partial charge in [-0.25, -0.2) is 4.39 Å². The summed E-state index contributed by atoms with van der Waals surface area (Å²) in [5.74, 6) is 0.866. The Morgan fingerprint density at radius 1 is 1.16 bits per heavy atom. The number of nitrogens with two attached hydrogens (primary N) is 1. The first-order chi connectivity index (χ1) is 12.1. The van der Waals surface area contributed by atoms with E-state index in [0.29, 0.717) is 12.5 Å². The van der Waals surface area contributed by atoms with Crippen molar-refractivity contribution in [2.24, 2.45) is 10.7 Å². The number of hydrogen-bond donors (Lipinski definition) is 2. The van der Waals surface area contributed by atoms with Crippen LogP contribution in [0.4, 0.5) is 10.1 Å². The Kier molecular flexibility index (Phi) is 5.22. The van der Waals surface area contributed by atoms with Crippen molar-refractivity contribution in [3.8, 4) is 5.75 Å². The van der Waals surface area contributed by atoms with Crippen molar-refractivity contribution in [2.45, 2.75) is 31.1 Å². The van der Waals surface area contributed by atoms with E-state index < -0.39 is 0 Å². The molecule has 2 aromatic rings. The molecule has 0 aliphatic heterocycles. The van der Waals surface area contributed by atoms with Crippen LogP contribution in [0.3, 0.4) is 0 Å². The lowest BCUT2D eigenvalue weighted by Gasteiger charge is -2.28. The highest BCUT2D eigenvalue weighted by atomic mass is 19.1. The molecule has 25 heavy (non-hydrogen) atoms. The summed E-state index contributed by atoms with van der Waals surface area (Å²) in [5, 5.41) is 3.11. The van der Waals surface area contributed by atoms with E-state index in [4.69, 9.17) is 10.5 Å². The molecular weight excluding hydrogens is 317 g/mol. The number of guanidine groups is 1. The smallest absolute Gasteiger partial charge is 0.193 e. The van der Waals surface area contributed by atoms with E-state index >= 15 is 0 Å². The Balaban J connectivity index is 1.76. The van der Waals surface area contributed by atoms with Gasteiger partial charge in [0.1, 0.15) is 11.6 Å². The Labute approximate surface area is 147 Å². The molecule has 132 valence electrons. The molecule has 0 aromatic heterocycles. The van der Waals surface area contributed by atoms with Crippen LogP contribution in [0, 0.1) is 5.82 Å². The predicted octanol–water partition coefficient (Wildman–Crippen LogP) is 4.07. The van der Waals surface area contributed by atoms with Gasteiger partial charge in [0.15, 0.2) is 5.96 Å². The molecule has 0 heterocycles. The van der Waals surface area contributed by atoms with Crippen LogP contribution in [0.25, 0.3) is 0 Å². The topological polar surface area (TPSA) is 59.6 Å². The minimum absolute atomic E-state index is 0.0548. The second-order valence-electron chi connectivity index (χ2n) is 6.52. The normalized spacial score (nSPS) is 16.6. The first-order valence-electron chi connectivity index (χ1n) is 8.59. The van der Waals surface area contributed by atoms with E-state index in [1.165, 1.54) is 12.1 Å². The first-order valence-corrected chi connectivity index (χ1v) is 8.59. The zero-order chi connectivity index (χ0) is 17.7. The van der Waals surface area contributed by atoms with Crippen LogP contribution in [0.1, 0.15) is 31.2 Å². The van der Waals surface area contributed by atoms with Gasteiger partial charge in [0.05, 0.1) is 19.3 Å². The molecule has 0 spiro atoms. The standard InChI is InChI=1S/C20H24FN3O/c1-25-18-7-3-2-6-17(18)24-19(22)23-14-20(12-4-5-13-20)15-8-10-16(21)11-9-15/h2-3,6-11H,4-5,12-14H2,1H3,(H3,22,23,24). The molecule has 5 heteroatoms. The molecule has 1 aliphatic rings. The number of aliphatic imine (C=N–C) groups is 1. The Bertz CT molecular complexity index is 737. The number of hydrogen-bond acceptors (Lipinski definition) is 2. The lowest BCUT2D eigenvalue weighted by molar-refractivity contribution is 0.417. The maximum absolute atomic E-state index is 13.3. The maximum atomic E-state index is 13.3. The van der Waals surface area contributed by atoms with E-state index in [2.05, 4.69) is 10.3 Å². The number of halogens is 1. The molecule has 0 unspecified atom stereocenters. The molecule has 1 saturated carbocycles. The third-order valence-corrected chi connectivity index (χ3v) is 4.94. The number of anilines is 1. The molecule has 0 radical (unpaired) electrons. The molecule has 2 aromatic carbocycles. The van der Waals surface area contributed by atoms with Gasteiger partial charge in [-0.2, -0.15) is 0 Å². The summed E-state index contributed by atoms with van der Waals surface area (Å²) >= 11 is 0. The number of para-hydroxylation sites is 2. The third-order valence-electron chi connectivity index (χ3n) is 4.94. The average Bonchev–Trinajstić information content (AvgIpc) is 3.11. The van der Waals surface area contributed by atoms with E-state index in [9.17, 15) is 4.39 Å². The summed E-state index contributed by atoms with van der Waals surface area (Å²) in [6, 6.07) is 14.4. The quantitative estimate of drug-likeness (QED) is 0.636. The molecule has 1 aliphatic carbocycles. The molecule has 3 rings (SSSR count). The van der Waals surface area contributed by atoms with Crippen LogP contribution in [0.2, 0.25) is 0 Å². The zero-order valence-corrected chi connectivity index (χ0v) is 14.5. The number of nitrogens with zero attached hydrogens (tertiary/aromatic N) is 1. The van der Waals surface area contributed by atoms with Crippen LogP contribution in [0.5, 0.6) is 5.75 Å². The molecule has 0 atom stereocenters. The van der Waals surface area contributed by atoms with Gasteiger partial charge < -0.3 is 15.8 Å². The fraction of sp³-hybridized carbons (Fsp3) is 0.350. The minimum atomic E-state index is -0.210. The largest absolute Gasteiger partial charge is 0.495 e. The van der Waals surface area contributed by atoms with Crippen molar-refractivity contribution >= 4 is 11.6 Å². The number of rotatable bonds is 5. The van der Waals surface area contributed by atoms with Crippen LogP contribution in [-0.4, -0.2) is 19.6 Å². The monoisotopic (exact) mass is 341 g/mol. The van der Waals surface area contributed by atoms with Crippen LogP contribution in [-0.2, 0) is 5.41 Å². The zero-order valence-electron chi connectivity index (χ0n) is 14.5. The van der Waals surface area contributed by atoms with E-state index in [1.807, 2.05) is 36.4 Å². The molecular formula is C20H24FN3O. The van der Waals surface area contributed by atoms with Crippen molar-refractivity contribution in [3.63, 3.8) is 0 Å². The van der Waals surface area contributed by atoms with Crippen LogP contribution in [0.15, 0.2) is 53.5 Å². The summed E-state index contributed by atoms with van der Waals surface area (Å²) in [7, 11) is 1.62. The van der Waals surface area contributed by atoms with Gasteiger partial charge in [-0.05, 0) is 42.7 Å². The lowest BCUT2D eigenvalue weighted by atomic mass is 9.79. The van der Waals surface area contributed by atoms with Crippen molar-refractivity contribution in [3.05, 3.63) is 59.9 Å². The summed E-state index contributed by atoms with van der Waals surface area (Å²) in [5.41, 5.74) is 7.96. The maximum Gasteiger partial charge on any atom is 0.193 e. The Hall–Kier alpha value is -2.56. The second kappa shape index (κ2) is 7.55. The molecule has 0 saturated heterocycles. The Morgan fingerprint density at radius 2 is 1.84 bits per heavy atom. The van der Waals surface area contributed by atoms with Gasteiger partial charge in [0, 0.05) is 5.41 Å². The van der Waals surface area contributed by atoms with Crippen molar-refractivity contribution in [1.29, 1.82) is 0 Å². The van der Waals surface area contributed by atoms with Crippen molar-refractivity contribution in [1.82, 2.24) is 0 Å². The van der Waals surface area contributed by atoms with Gasteiger partial charge in [-0.3, -0.25) is 4.99 Å². The predicted molar refractivity (Wildman–Crippen MR) is 99.7 cm³/mol. The summed E-state index contributed by atoms with van der Waals surface area (Å²) in [6.07, 6.45) is 4.41. The van der Waals surface area contributed by atoms with Crippen molar-refractivity contribution in [2.75, 3.05) is 19.0 Å². The fourth-order valence-corrected chi connectivity index (χ4v) is 3.56. The van der Waals surface area contributed by atoms with Gasteiger partial charge >= 0.3 is 0 Å². The van der Waals surface area contributed by atoms with Gasteiger partial charge in [0.25, 0.3) is 0 Å². The number of methoxy groups -OCH3 is 1. The highest BCUT2D eigenvalue weighted by Crippen LogP contribution is 2.41. The van der Waals surface area contributed by atoms with Gasteiger partial charge in [-0.15, -0.1) is 0 Å². The lowest BCUT2D eigenvalue weighted by Crippen LogP contribution is -2.30. The van der Waals surface area contributed by atoms with Gasteiger partial charge in [-0.1, -0.05) is 37.1 Å². The number of benzene rings is 2. The van der Waals surface area contributed by atoms with E-state index in [-0.39, 0.29) is 11.2 Å². The minimum Gasteiger partial charge on any atom is -0.495 e. The average molecular weight is 341 g/mol. The fourth-order valence-electron chi connectivity index (χ4n) is 3.56. The van der Waals surface area contributed by atoms with Crippen LogP contribution < -0.4 is 15.8 Å². The highest BCUT2D eigenvalue weighted by Gasteiger charge is 2.35. The molecule has 1 fully saturated rings. The summed E-state index contributed by atoms with van der Waals surface area (Å²) in [4.78, 5) is 4.58. The number of nitrogens with one attached hydrogen (secondary N) is 1. The summed E-state index contributed by atoms with van der Waals surface area (Å²) < 4.78 is 18.6. The van der Waals surface area contributed by atoms with Crippen molar-refractivity contribution < 1.29 is 9.13 Å². The van der Waals surface area contributed by atoms with E-state index in [1.54, 1.807) is 7.11 Å². The number of ether oxygens (including phenoxy) is 1. The second-order valence-corrected chi connectivity index (χ2v) is 6.52. The first kappa shape index (κ1) is 17.3. The molecule has 4 nitrogen and oxygen atoms in total.